The van der Waals surface area contributed by atoms with Gasteiger partial charge in [0.1, 0.15) is 11.5 Å². The molecule has 0 fully saturated rings. The number of ether oxygens (including phenoxy) is 2. The van der Waals surface area contributed by atoms with Crippen LogP contribution in [0.25, 0.3) is 0 Å². The molecular weight excluding hydrogens is 400 g/mol. The summed E-state index contributed by atoms with van der Waals surface area (Å²) in [7, 11) is 0. The van der Waals surface area contributed by atoms with E-state index >= 15 is 0 Å². The third-order valence-corrected chi connectivity index (χ3v) is 4.18. The predicted molar refractivity (Wildman–Crippen MR) is 102 cm³/mol. The van der Waals surface area contributed by atoms with Gasteiger partial charge in [0, 0.05) is 0 Å². The van der Waals surface area contributed by atoms with Gasteiger partial charge >= 0.3 is 0 Å². The summed E-state index contributed by atoms with van der Waals surface area (Å²) in [6.45, 7) is 3.53. The molecule has 2 aromatic rings. The second-order valence-corrected chi connectivity index (χ2v) is 6.41. The van der Waals surface area contributed by atoms with E-state index in [0.717, 1.165) is 22.0 Å². The van der Waals surface area contributed by atoms with Gasteiger partial charge in [-0.05, 0) is 58.6 Å². The summed E-state index contributed by atoms with van der Waals surface area (Å²) < 4.78 is 11.6. The first-order valence-electron chi connectivity index (χ1n) is 8.17. The fourth-order valence-corrected chi connectivity index (χ4v) is 2.64. The summed E-state index contributed by atoms with van der Waals surface area (Å²) in [5, 5.41) is 0. The highest BCUT2D eigenvalue weighted by Gasteiger charge is 2.09. The molecule has 2 rings (SSSR count). The van der Waals surface area contributed by atoms with Gasteiger partial charge in [-0.2, -0.15) is 0 Å². The molecule has 0 aliphatic rings. The first kappa shape index (κ1) is 19.8. The molecule has 2 aromatic carbocycles. The maximum atomic E-state index is 11.8. The van der Waals surface area contributed by atoms with Crippen LogP contribution in [-0.2, 0) is 16.0 Å². The lowest BCUT2D eigenvalue weighted by Gasteiger charge is -2.11. The van der Waals surface area contributed by atoms with Crippen LogP contribution in [-0.4, -0.2) is 25.0 Å². The number of aryl methyl sites for hydroxylation is 2. The molecule has 0 aliphatic heterocycles. The van der Waals surface area contributed by atoms with Gasteiger partial charge in [0.05, 0.1) is 4.47 Å². The number of halogens is 1. The van der Waals surface area contributed by atoms with E-state index in [1.54, 1.807) is 12.1 Å². The summed E-state index contributed by atoms with van der Waals surface area (Å²) in [5.74, 6) is 0.250. The molecule has 0 atom stereocenters. The first-order valence-corrected chi connectivity index (χ1v) is 8.96. The SMILES string of the molecule is CCc1ccc(OCC(=O)NNC(=O)COc2ccccc2C)c(Br)c1. The third kappa shape index (κ3) is 6.07. The van der Waals surface area contributed by atoms with Crippen molar-refractivity contribution in [2.75, 3.05) is 13.2 Å². The Morgan fingerprint density at radius 3 is 2.15 bits per heavy atom. The second kappa shape index (κ2) is 9.82. The lowest BCUT2D eigenvalue weighted by Crippen LogP contribution is -2.45. The van der Waals surface area contributed by atoms with Gasteiger partial charge in [-0.25, -0.2) is 0 Å². The molecule has 7 heteroatoms. The van der Waals surface area contributed by atoms with Crippen molar-refractivity contribution in [3.63, 3.8) is 0 Å². The quantitative estimate of drug-likeness (QED) is 0.675. The standard InChI is InChI=1S/C19H21BrN2O4/c1-3-14-8-9-17(15(20)10-14)26-12-19(24)22-21-18(23)11-25-16-7-5-4-6-13(16)2/h4-10H,3,11-12H2,1-2H3,(H,21,23)(H,22,24). The number of carbonyl (C=O) groups excluding carboxylic acids is 2. The Bertz CT molecular complexity index is 780. The summed E-state index contributed by atoms with van der Waals surface area (Å²) in [6.07, 6.45) is 0.913. The lowest BCUT2D eigenvalue weighted by atomic mass is 10.2. The number of hydrogen-bond acceptors (Lipinski definition) is 4. The molecule has 0 radical (unpaired) electrons. The number of amides is 2. The topological polar surface area (TPSA) is 76.7 Å². The van der Waals surface area contributed by atoms with Crippen molar-refractivity contribution in [1.29, 1.82) is 0 Å². The Hall–Kier alpha value is -2.54. The Morgan fingerprint density at radius 1 is 0.962 bits per heavy atom. The Balaban J connectivity index is 1.71. The number of rotatable bonds is 7. The number of benzene rings is 2. The molecule has 0 unspecified atom stereocenters. The largest absolute Gasteiger partial charge is 0.483 e. The zero-order valence-corrected chi connectivity index (χ0v) is 16.3. The molecule has 2 amide bonds. The van der Waals surface area contributed by atoms with Crippen molar-refractivity contribution in [3.05, 3.63) is 58.1 Å². The monoisotopic (exact) mass is 420 g/mol. The lowest BCUT2D eigenvalue weighted by molar-refractivity contribution is -0.131. The molecule has 0 aromatic heterocycles. The minimum absolute atomic E-state index is 0.198. The van der Waals surface area contributed by atoms with Gasteiger partial charge in [-0.1, -0.05) is 31.2 Å². The average Bonchev–Trinajstić information content (AvgIpc) is 2.64. The van der Waals surface area contributed by atoms with Crippen LogP contribution < -0.4 is 20.3 Å². The van der Waals surface area contributed by atoms with Crippen LogP contribution in [0.1, 0.15) is 18.1 Å². The average molecular weight is 421 g/mol. The van der Waals surface area contributed by atoms with Gasteiger partial charge < -0.3 is 9.47 Å². The molecule has 0 spiro atoms. The molecule has 0 saturated carbocycles. The van der Waals surface area contributed by atoms with Crippen molar-refractivity contribution >= 4 is 27.7 Å². The molecule has 0 aliphatic carbocycles. The van der Waals surface area contributed by atoms with Gasteiger partial charge in [0.2, 0.25) is 0 Å². The molecular formula is C19H21BrN2O4. The van der Waals surface area contributed by atoms with Crippen LogP contribution in [0.15, 0.2) is 46.9 Å². The summed E-state index contributed by atoms with van der Waals surface area (Å²) >= 11 is 3.41. The van der Waals surface area contributed by atoms with E-state index in [1.807, 2.05) is 37.3 Å². The fraction of sp³-hybridized carbons (Fsp3) is 0.263. The molecule has 0 bridgehead atoms. The van der Waals surface area contributed by atoms with Crippen molar-refractivity contribution in [2.45, 2.75) is 20.3 Å². The molecule has 0 saturated heterocycles. The summed E-state index contributed by atoms with van der Waals surface area (Å²) in [4.78, 5) is 23.5. The van der Waals surface area contributed by atoms with Crippen molar-refractivity contribution in [1.82, 2.24) is 10.9 Å². The highest BCUT2D eigenvalue weighted by molar-refractivity contribution is 9.10. The Morgan fingerprint density at radius 2 is 1.58 bits per heavy atom. The van der Waals surface area contributed by atoms with E-state index in [0.29, 0.717) is 11.5 Å². The first-order chi connectivity index (χ1) is 12.5. The van der Waals surface area contributed by atoms with Crippen molar-refractivity contribution < 1.29 is 19.1 Å². The van der Waals surface area contributed by atoms with Crippen LogP contribution in [0.4, 0.5) is 0 Å². The molecule has 6 nitrogen and oxygen atoms in total. The molecule has 2 N–H and O–H groups in total. The van der Waals surface area contributed by atoms with Crippen LogP contribution in [0.2, 0.25) is 0 Å². The number of hydrogen-bond donors (Lipinski definition) is 2. The van der Waals surface area contributed by atoms with Gasteiger partial charge in [0.15, 0.2) is 13.2 Å². The maximum absolute atomic E-state index is 11.8. The number of carbonyl (C=O) groups is 2. The third-order valence-electron chi connectivity index (χ3n) is 3.56. The van der Waals surface area contributed by atoms with E-state index < -0.39 is 11.8 Å². The molecule has 0 heterocycles. The normalized spacial score (nSPS) is 10.1. The van der Waals surface area contributed by atoms with E-state index in [1.165, 1.54) is 0 Å². The molecule has 138 valence electrons. The van der Waals surface area contributed by atoms with E-state index in [-0.39, 0.29) is 13.2 Å². The van der Waals surface area contributed by atoms with E-state index in [4.69, 9.17) is 9.47 Å². The predicted octanol–water partition coefficient (Wildman–Crippen LogP) is 2.93. The van der Waals surface area contributed by atoms with Gasteiger partial charge in [-0.15, -0.1) is 0 Å². The summed E-state index contributed by atoms with van der Waals surface area (Å²) in [5.41, 5.74) is 6.66. The Kier molecular flexibility index (Phi) is 7.47. The van der Waals surface area contributed by atoms with Crippen molar-refractivity contribution in [2.24, 2.45) is 0 Å². The number of hydrazine groups is 1. The van der Waals surface area contributed by atoms with Crippen LogP contribution >= 0.6 is 15.9 Å². The van der Waals surface area contributed by atoms with Crippen LogP contribution in [0.3, 0.4) is 0 Å². The number of para-hydroxylation sites is 1. The minimum atomic E-state index is -0.472. The molecule has 26 heavy (non-hydrogen) atoms. The number of nitrogens with one attached hydrogen (secondary N) is 2. The maximum Gasteiger partial charge on any atom is 0.276 e. The van der Waals surface area contributed by atoms with E-state index in [9.17, 15) is 9.59 Å². The highest BCUT2D eigenvalue weighted by Crippen LogP contribution is 2.26. The van der Waals surface area contributed by atoms with Crippen LogP contribution in [0.5, 0.6) is 11.5 Å². The zero-order valence-electron chi connectivity index (χ0n) is 14.7. The zero-order chi connectivity index (χ0) is 18.9. The fourth-order valence-electron chi connectivity index (χ4n) is 2.10. The second-order valence-electron chi connectivity index (χ2n) is 5.56. The van der Waals surface area contributed by atoms with Gasteiger partial charge in [-0.3, -0.25) is 20.4 Å². The summed E-state index contributed by atoms with van der Waals surface area (Å²) in [6, 6.07) is 13.0. The van der Waals surface area contributed by atoms with Gasteiger partial charge in [0.25, 0.3) is 11.8 Å². The van der Waals surface area contributed by atoms with Crippen molar-refractivity contribution in [3.8, 4) is 11.5 Å². The smallest absolute Gasteiger partial charge is 0.276 e. The van der Waals surface area contributed by atoms with E-state index in [2.05, 4.69) is 33.7 Å². The highest BCUT2D eigenvalue weighted by atomic mass is 79.9. The van der Waals surface area contributed by atoms with Crippen LogP contribution in [0, 0.1) is 6.92 Å². The Labute approximate surface area is 161 Å². The minimum Gasteiger partial charge on any atom is -0.483 e.